The van der Waals surface area contributed by atoms with Gasteiger partial charge in [0.1, 0.15) is 11.4 Å². The Morgan fingerprint density at radius 3 is 3.11 bits per heavy atom. The molecule has 1 fully saturated rings. The molecule has 0 radical (unpaired) electrons. The second-order valence-corrected chi connectivity index (χ2v) is 5.60. The molecule has 0 aromatic heterocycles. The maximum Gasteiger partial charge on any atom is 0.122 e. The van der Waals surface area contributed by atoms with Crippen LogP contribution in [0.3, 0.4) is 0 Å². The molecule has 0 amide bonds. The van der Waals surface area contributed by atoms with E-state index in [4.69, 9.17) is 9.47 Å². The van der Waals surface area contributed by atoms with E-state index in [1.807, 2.05) is 6.07 Å². The lowest BCUT2D eigenvalue weighted by molar-refractivity contribution is 0.0252. The first-order valence-electron chi connectivity index (χ1n) is 6.95. The van der Waals surface area contributed by atoms with Crippen molar-refractivity contribution in [2.75, 3.05) is 26.4 Å². The zero-order valence-corrected chi connectivity index (χ0v) is 11.3. The lowest BCUT2D eigenvalue weighted by Crippen LogP contribution is -2.41. The number of hydrogen-bond acceptors (Lipinski definition) is 4. The van der Waals surface area contributed by atoms with Gasteiger partial charge in [-0.15, -0.1) is 0 Å². The van der Waals surface area contributed by atoms with Crippen LogP contribution in [0.5, 0.6) is 5.75 Å². The molecule has 104 valence electrons. The van der Waals surface area contributed by atoms with Crippen molar-refractivity contribution in [2.24, 2.45) is 0 Å². The highest BCUT2D eigenvalue weighted by atomic mass is 16.5. The van der Waals surface area contributed by atoms with E-state index in [1.165, 1.54) is 11.1 Å². The molecular weight excluding hydrogens is 242 g/mol. The van der Waals surface area contributed by atoms with Crippen LogP contribution in [0, 0.1) is 0 Å². The molecule has 1 aromatic carbocycles. The van der Waals surface area contributed by atoms with Crippen LogP contribution in [-0.4, -0.2) is 37.1 Å². The summed E-state index contributed by atoms with van der Waals surface area (Å²) >= 11 is 0. The molecule has 0 bridgehead atoms. The minimum atomic E-state index is -0.700. The van der Waals surface area contributed by atoms with Crippen LogP contribution in [0.25, 0.3) is 0 Å². The zero-order chi connectivity index (χ0) is 13.3. The van der Waals surface area contributed by atoms with Gasteiger partial charge in [-0.3, -0.25) is 0 Å². The number of benzene rings is 1. The predicted octanol–water partition coefficient (Wildman–Crippen LogP) is 1.42. The van der Waals surface area contributed by atoms with E-state index >= 15 is 0 Å². The Morgan fingerprint density at radius 2 is 2.32 bits per heavy atom. The molecule has 2 atom stereocenters. The number of nitrogens with one attached hydrogen (secondary N) is 1. The Bertz CT molecular complexity index is 455. The Morgan fingerprint density at radius 1 is 1.42 bits per heavy atom. The fourth-order valence-electron chi connectivity index (χ4n) is 2.67. The second-order valence-electron chi connectivity index (χ2n) is 5.60. The van der Waals surface area contributed by atoms with Gasteiger partial charge in [0.05, 0.1) is 13.2 Å². The third-order valence-electron chi connectivity index (χ3n) is 4.03. The van der Waals surface area contributed by atoms with Crippen molar-refractivity contribution in [1.29, 1.82) is 0 Å². The number of hydrogen-bond donors (Lipinski definition) is 2. The van der Waals surface area contributed by atoms with Crippen LogP contribution in [0.2, 0.25) is 0 Å². The van der Waals surface area contributed by atoms with Gasteiger partial charge in [0, 0.05) is 32.0 Å². The average molecular weight is 263 g/mol. The molecule has 1 saturated heterocycles. The Balaban J connectivity index is 1.62. The summed E-state index contributed by atoms with van der Waals surface area (Å²) < 4.78 is 10.8. The van der Waals surface area contributed by atoms with E-state index < -0.39 is 5.60 Å². The molecule has 1 aromatic rings. The number of aliphatic hydroxyl groups is 1. The van der Waals surface area contributed by atoms with Gasteiger partial charge in [0.25, 0.3) is 0 Å². The molecule has 2 unspecified atom stereocenters. The fourth-order valence-corrected chi connectivity index (χ4v) is 2.67. The molecule has 19 heavy (non-hydrogen) atoms. The van der Waals surface area contributed by atoms with E-state index in [2.05, 4.69) is 24.4 Å². The maximum absolute atomic E-state index is 10.2. The molecule has 0 saturated carbocycles. The lowest BCUT2D eigenvalue weighted by Gasteiger charge is -2.24. The van der Waals surface area contributed by atoms with Gasteiger partial charge in [0.2, 0.25) is 0 Å². The van der Waals surface area contributed by atoms with Gasteiger partial charge in [-0.2, -0.15) is 0 Å². The van der Waals surface area contributed by atoms with E-state index in [-0.39, 0.29) is 6.04 Å². The SMILES string of the molecule is CC(NCC1(O)CCOC1)c1ccc2c(c1)CCO2. The molecular formula is C15H21NO3. The Hall–Kier alpha value is -1.10. The van der Waals surface area contributed by atoms with Crippen molar-refractivity contribution in [1.82, 2.24) is 5.32 Å². The first-order valence-corrected chi connectivity index (χ1v) is 6.95. The van der Waals surface area contributed by atoms with Crippen molar-refractivity contribution in [2.45, 2.75) is 31.4 Å². The van der Waals surface area contributed by atoms with Gasteiger partial charge < -0.3 is 19.9 Å². The van der Waals surface area contributed by atoms with Gasteiger partial charge in [0.15, 0.2) is 0 Å². The summed E-state index contributed by atoms with van der Waals surface area (Å²) in [6.07, 6.45) is 1.71. The van der Waals surface area contributed by atoms with Crippen LogP contribution >= 0.6 is 0 Å². The van der Waals surface area contributed by atoms with Crippen molar-refractivity contribution in [3.8, 4) is 5.75 Å². The van der Waals surface area contributed by atoms with Gasteiger partial charge >= 0.3 is 0 Å². The van der Waals surface area contributed by atoms with Crippen LogP contribution in [0.1, 0.15) is 30.5 Å². The summed E-state index contributed by atoms with van der Waals surface area (Å²) in [5, 5.41) is 13.6. The summed E-state index contributed by atoms with van der Waals surface area (Å²) in [6.45, 7) is 4.57. The topological polar surface area (TPSA) is 50.7 Å². The van der Waals surface area contributed by atoms with Gasteiger partial charge in [-0.1, -0.05) is 12.1 Å². The highest BCUT2D eigenvalue weighted by molar-refractivity contribution is 5.40. The third kappa shape index (κ3) is 2.76. The van der Waals surface area contributed by atoms with Crippen LogP contribution < -0.4 is 10.1 Å². The molecule has 2 aliphatic rings. The highest BCUT2D eigenvalue weighted by Crippen LogP contribution is 2.28. The summed E-state index contributed by atoms with van der Waals surface area (Å²) in [5.41, 5.74) is 1.83. The average Bonchev–Trinajstić information content (AvgIpc) is 3.04. The molecule has 4 nitrogen and oxygen atoms in total. The number of rotatable bonds is 4. The monoisotopic (exact) mass is 263 g/mol. The van der Waals surface area contributed by atoms with Crippen molar-refractivity contribution >= 4 is 0 Å². The predicted molar refractivity (Wildman–Crippen MR) is 72.4 cm³/mol. The highest BCUT2D eigenvalue weighted by Gasteiger charge is 2.32. The van der Waals surface area contributed by atoms with E-state index in [0.29, 0.717) is 26.2 Å². The summed E-state index contributed by atoms with van der Waals surface area (Å²) in [4.78, 5) is 0. The molecule has 0 aliphatic carbocycles. The van der Waals surface area contributed by atoms with Crippen molar-refractivity contribution < 1.29 is 14.6 Å². The minimum Gasteiger partial charge on any atom is -0.493 e. The molecule has 2 N–H and O–H groups in total. The number of ether oxygens (including phenoxy) is 2. The van der Waals surface area contributed by atoms with Crippen LogP contribution in [0.15, 0.2) is 18.2 Å². The fraction of sp³-hybridized carbons (Fsp3) is 0.600. The second kappa shape index (κ2) is 5.12. The first-order chi connectivity index (χ1) is 9.16. The van der Waals surface area contributed by atoms with E-state index in [1.54, 1.807) is 0 Å². The standard InChI is InChI=1S/C15H21NO3/c1-11(16-9-15(17)5-7-18-10-15)12-2-3-14-13(8-12)4-6-19-14/h2-3,8,11,16-17H,4-7,9-10H2,1H3. The molecule has 0 spiro atoms. The third-order valence-corrected chi connectivity index (χ3v) is 4.03. The quantitative estimate of drug-likeness (QED) is 0.862. The normalized spacial score (nSPS) is 27.1. The Labute approximate surface area is 113 Å². The van der Waals surface area contributed by atoms with Crippen molar-refractivity contribution in [3.05, 3.63) is 29.3 Å². The molecule has 2 heterocycles. The van der Waals surface area contributed by atoms with Crippen LogP contribution in [-0.2, 0) is 11.2 Å². The molecule has 4 heteroatoms. The van der Waals surface area contributed by atoms with Gasteiger partial charge in [-0.25, -0.2) is 0 Å². The van der Waals surface area contributed by atoms with E-state index in [9.17, 15) is 5.11 Å². The number of fused-ring (bicyclic) bond motifs is 1. The summed E-state index contributed by atoms with van der Waals surface area (Å²) in [5.74, 6) is 1.01. The van der Waals surface area contributed by atoms with Crippen molar-refractivity contribution in [3.63, 3.8) is 0 Å². The first kappa shape index (κ1) is 12.9. The van der Waals surface area contributed by atoms with Gasteiger partial charge in [-0.05, 0) is 24.1 Å². The summed E-state index contributed by atoms with van der Waals surface area (Å²) in [6, 6.07) is 6.56. The maximum atomic E-state index is 10.2. The zero-order valence-electron chi connectivity index (χ0n) is 11.3. The lowest BCUT2D eigenvalue weighted by atomic mass is 10.0. The smallest absolute Gasteiger partial charge is 0.122 e. The van der Waals surface area contributed by atoms with Crippen LogP contribution in [0.4, 0.5) is 0 Å². The minimum absolute atomic E-state index is 0.218. The Kier molecular flexibility index (Phi) is 3.48. The van der Waals surface area contributed by atoms with E-state index in [0.717, 1.165) is 18.8 Å². The molecule has 2 aliphatic heterocycles. The summed E-state index contributed by atoms with van der Waals surface area (Å²) in [7, 11) is 0. The molecule has 3 rings (SSSR count). The largest absolute Gasteiger partial charge is 0.493 e.